The van der Waals surface area contributed by atoms with E-state index in [0.29, 0.717) is 19.6 Å². The van der Waals surface area contributed by atoms with Gasteiger partial charge in [0.2, 0.25) is 0 Å². The van der Waals surface area contributed by atoms with Crippen molar-refractivity contribution in [1.29, 1.82) is 0 Å². The third-order valence-electron chi connectivity index (χ3n) is 6.69. The molecule has 0 amide bonds. The summed E-state index contributed by atoms with van der Waals surface area (Å²) in [5, 5.41) is 11.1. The van der Waals surface area contributed by atoms with Crippen LogP contribution in [0.15, 0.2) is 54.9 Å². The monoisotopic (exact) mass is 479 g/mol. The van der Waals surface area contributed by atoms with Crippen LogP contribution in [0.4, 0.5) is 0 Å². The fourth-order valence-electron chi connectivity index (χ4n) is 4.47. The average Bonchev–Trinajstić information content (AvgIpc) is 3.17. The van der Waals surface area contributed by atoms with Crippen molar-refractivity contribution in [2.45, 2.75) is 51.8 Å². The second-order valence-corrected chi connectivity index (χ2v) is 9.46. The molecule has 2 aromatic carbocycles. The number of aliphatic hydroxyl groups is 1. The SMILES string of the molecule is COc1cc(CN2CCCC(O)(COc3ccc(C)cc3)CC2)ccc1OCCn1ccnc1C. The van der Waals surface area contributed by atoms with Crippen LogP contribution >= 0.6 is 0 Å². The topological polar surface area (TPSA) is 69.0 Å². The number of imidazole rings is 1. The van der Waals surface area contributed by atoms with E-state index in [1.54, 1.807) is 13.3 Å². The molecule has 1 unspecified atom stereocenters. The van der Waals surface area contributed by atoms with E-state index in [-0.39, 0.29) is 0 Å². The second-order valence-electron chi connectivity index (χ2n) is 9.46. The van der Waals surface area contributed by atoms with Crippen molar-refractivity contribution < 1.29 is 19.3 Å². The number of benzene rings is 2. The predicted octanol–water partition coefficient (Wildman–Crippen LogP) is 4.38. The molecule has 0 aliphatic carbocycles. The molecule has 188 valence electrons. The summed E-state index contributed by atoms with van der Waals surface area (Å²) in [4.78, 5) is 6.63. The molecule has 0 spiro atoms. The summed E-state index contributed by atoms with van der Waals surface area (Å²) in [5.41, 5.74) is 1.56. The zero-order valence-electron chi connectivity index (χ0n) is 21.1. The lowest BCUT2D eigenvalue weighted by atomic mass is 9.96. The van der Waals surface area contributed by atoms with Crippen LogP contribution in [0.1, 0.15) is 36.2 Å². The molecule has 1 aliphatic heterocycles. The largest absolute Gasteiger partial charge is 0.493 e. The number of aryl methyl sites for hydroxylation is 2. The van der Waals surface area contributed by atoms with Gasteiger partial charge in [-0.2, -0.15) is 0 Å². The highest BCUT2D eigenvalue weighted by molar-refractivity contribution is 5.43. The quantitative estimate of drug-likeness (QED) is 0.465. The number of nitrogens with zero attached hydrogens (tertiary/aromatic N) is 3. The van der Waals surface area contributed by atoms with Crippen LogP contribution < -0.4 is 14.2 Å². The van der Waals surface area contributed by atoms with Crippen LogP contribution in [-0.4, -0.2) is 58.6 Å². The Morgan fingerprint density at radius 2 is 1.83 bits per heavy atom. The first kappa shape index (κ1) is 25.1. The summed E-state index contributed by atoms with van der Waals surface area (Å²) in [6.07, 6.45) is 6.10. The number of hydrogen-bond donors (Lipinski definition) is 1. The highest BCUT2D eigenvalue weighted by atomic mass is 16.5. The molecule has 1 fully saturated rings. The molecule has 7 nitrogen and oxygen atoms in total. The molecule has 0 radical (unpaired) electrons. The van der Waals surface area contributed by atoms with Gasteiger partial charge in [0.05, 0.1) is 19.3 Å². The van der Waals surface area contributed by atoms with Gasteiger partial charge in [-0.25, -0.2) is 4.98 Å². The maximum atomic E-state index is 11.1. The van der Waals surface area contributed by atoms with Gasteiger partial charge < -0.3 is 23.9 Å². The molecule has 0 saturated carbocycles. The minimum Gasteiger partial charge on any atom is -0.493 e. The number of methoxy groups -OCH3 is 1. The first-order chi connectivity index (χ1) is 16.9. The molecule has 0 bridgehead atoms. The molecule has 1 atom stereocenters. The lowest BCUT2D eigenvalue weighted by molar-refractivity contribution is -0.0168. The van der Waals surface area contributed by atoms with Gasteiger partial charge in [-0.1, -0.05) is 23.8 Å². The van der Waals surface area contributed by atoms with Crippen molar-refractivity contribution >= 4 is 0 Å². The fraction of sp³-hybridized carbons (Fsp3) is 0.464. The van der Waals surface area contributed by atoms with E-state index in [2.05, 4.69) is 33.5 Å². The lowest BCUT2D eigenvalue weighted by Crippen LogP contribution is -2.37. The molecule has 1 saturated heterocycles. The van der Waals surface area contributed by atoms with E-state index < -0.39 is 5.60 Å². The molecule has 1 aromatic heterocycles. The maximum Gasteiger partial charge on any atom is 0.161 e. The number of hydrogen-bond acceptors (Lipinski definition) is 6. The van der Waals surface area contributed by atoms with Crippen molar-refractivity contribution in [2.75, 3.05) is 33.4 Å². The Hall–Kier alpha value is -3.03. The lowest BCUT2D eigenvalue weighted by Gasteiger charge is -2.27. The number of aromatic nitrogens is 2. The van der Waals surface area contributed by atoms with Crippen molar-refractivity contribution in [3.63, 3.8) is 0 Å². The number of ether oxygens (including phenoxy) is 3. The molecular weight excluding hydrogens is 442 g/mol. The van der Waals surface area contributed by atoms with Gasteiger partial charge in [0.25, 0.3) is 0 Å². The molecule has 1 aliphatic rings. The van der Waals surface area contributed by atoms with Gasteiger partial charge in [0.1, 0.15) is 24.8 Å². The Balaban J connectivity index is 1.29. The first-order valence-corrected chi connectivity index (χ1v) is 12.4. The second kappa shape index (κ2) is 11.6. The minimum atomic E-state index is -0.803. The summed E-state index contributed by atoms with van der Waals surface area (Å²) < 4.78 is 19.6. The molecule has 4 rings (SSSR count). The third-order valence-corrected chi connectivity index (χ3v) is 6.69. The fourth-order valence-corrected chi connectivity index (χ4v) is 4.47. The zero-order chi connectivity index (χ0) is 24.7. The number of likely N-dealkylation sites (tertiary alicyclic amines) is 1. The van der Waals surface area contributed by atoms with E-state index in [4.69, 9.17) is 14.2 Å². The van der Waals surface area contributed by atoms with Crippen molar-refractivity contribution in [2.24, 2.45) is 0 Å². The van der Waals surface area contributed by atoms with Gasteiger partial charge in [0.15, 0.2) is 11.5 Å². The molecule has 3 aromatic rings. The summed E-state index contributed by atoms with van der Waals surface area (Å²) in [6.45, 7) is 8.20. The molecule has 1 N–H and O–H groups in total. The highest BCUT2D eigenvalue weighted by Gasteiger charge is 2.31. The smallest absolute Gasteiger partial charge is 0.161 e. The standard InChI is InChI=1S/C28H37N3O4/c1-22-5-8-25(9-6-22)35-21-28(32)11-4-14-30(15-12-28)20-24-7-10-26(27(19-24)33-3)34-18-17-31-16-13-29-23(31)2/h5-10,13,16,19,32H,4,11-12,14-15,17-18,20-21H2,1-3H3. The van der Waals surface area contributed by atoms with Crippen LogP contribution in [0.5, 0.6) is 17.2 Å². The van der Waals surface area contributed by atoms with Gasteiger partial charge in [-0.05, 0) is 69.5 Å². The van der Waals surface area contributed by atoms with E-state index in [9.17, 15) is 5.11 Å². The molecule has 7 heteroatoms. The van der Waals surface area contributed by atoms with Crippen LogP contribution in [-0.2, 0) is 13.1 Å². The Morgan fingerprint density at radius 1 is 1.00 bits per heavy atom. The van der Waals surface area contributed by atoms with Crippen molar-refractivity contribution in [3.8, 4) is 17.2 Å². The Bertz CT molecular complexity index is 1080. The average molecular weight is 480 g/mol. The van der Waals surface area contributed by atoms with E-state index in [0.717, 1.165) is 62.1 Å². The Labute approximate surface area is 208 Å². The predicted molar refractivity (Wildman–Crippen MR) is 136 cm³/mol. The molecule has 35 heavy (non-hydrogen) atoms. The van der Waals surface area contributed by atoms with Gasteiger partial charge in [-0.15, -0.1) is 0 Å². The summed E-state index contributed by atoms with van der Waals surface area (Å²) in [7, 11) is 1.67. The molecule has 2 heterocycles. The van der Waals surface area contributed by atoms with Gasteiger partial charge >= 0.3 is 0 Å². The van der Waals surface area contributed by atoms with Crippen LogP contribution in [0.2, 0.25) is 0 Å². The zero-order valence-corrected chi connectivity index (χ0v) is 21.1. The van der Waals surface area contributed by atoms with Gasteiger partial charge in [-0.3, -0.25) is 4.90 Å². The van der Waals surface area contributed by atoms with E-state index >= 15 is 0 Å². The number of rotatable bonds is 10. The normalized spacial score (nSPS) is 18.7. The van der Waals surface area contributed by atoms with Crippen molar-refractivity contribution in [1.82, 2.24) is 14.5 Å². The summed E-state index contributed by atoms with van der Waals surface area (Å²) in [5.74, 6) is 3.26. The Kier molecular flexibility index (Phi) is 8.31. The van der Waals surface area contributed by atoms with Crippen LogP contribution in [0.25, 0.3) is 0 Å². The summed E-state index contributed by atoms with van der Waals surface area (Å²) >= 11 is 0. The maximum absolute atomic E-state index is 11.1. The van der Waals surface area contributed by atoms with E-state index in [1.807, 2.05) is 43.5 Å². The highest BCUT2D eigenvalue weighted by Crippen LogP contribution is 2.30. The van der Waals surface area contributed by atoms with Crippen LogP contribution in [0.3, 0.4) is 0 Å². The summed E-state index contributed by atoms with van der Waals surface area (Å²) in [6, 6.07) is 14.1. The minimum absolute atomic E-state index is 0.322. The first-order valence-electron chi connectivity index (χ1n) is 12.4. The van der Waals surface area contributed by atoms with Gasteiger partial charge in [0, 0.05) is 25.5 Å². The van der Waals surface area contributed by atoms with E-state index in [1.165, 1.54) is 11.1 Å². The third kappa shape index (κ3) is 6.99. The molecular formula is C28H37N3O4. The Morgan fingerprint density at radius 3 is 2.57 bits per heavy atom. The van der Waals surface area contributed by atoms with Crippen LogP contribution in [0, 0.1) is 13.8 Å². The van der Waals surface area contributed by atoms with Crippen molar-refractivity contribution in [3.05, 3.63) is 71.8 Å².